The summed E-state index contributed by atoms with van der Waals surface area (Å²) in [5.41, 5.74) is 0. The van der Waals surface area contributed by atoms with Crippen LogP contribution in [0.4, 0.5) is 0 Å². The van der Waals surface area contributed by atoms with Gasteiger partial charge in [-0.25, -0.2) is 0 Å². The molecule has 0 aromatic carbocycles. The van der Waals surface area contributed by atoms with E-state index in [0.29, 0.717) is 6.04 Å². The zero-order chi connectivity index (χ0) is 12.7. The fraction of sp³-hybridized carbons (Fsp3) is 0.615. The van der Waals surface area contributed by atoms with Gasteiger partial charge in [0, 0.05) is 17.5 Å². The number of rotatable bonds is 8. The van der Waals surface area contributed by atoms with Gasteiger partial charge in [-0.1, -0.05) is 19.4 Å². The molecule has 0 spiro atoms. The molecule has 0 aliphatic rings. The second kappa shape index (κ2) is 7.45. The number of carboxylic acids is 1. The van der Waals surface area contributed by atoms with Gasteiger partial charge in [-0.3, -0.25) is 4.79 Å². The van der Waals surface area contributed by atoms with Crippen LogP contribution in [0.2, 0.25) is 0 Å². The van der Waals surface area contributed by atoms with Gasteiger partial charge in [-0.2, -0.15) is 0 Å². The average Bonchev–Trinajstić information content (AvgIpc) is 2.78. The minimum atomic E-state index is -0.691. The van der Waals surface area contributed by atoms with Crippen LogP contribution in [0.25, 0.3) is 0 Å². The first kappa shape index (κ1) is 14.2. The molecular formula is C13H21NO2S. The van der Waals surface area contributed by atoms with Crippen molar-refractivity contribution >= 4 is 17.3 Å². The molecule has 4 heteroatoms. The zero-order valence-corrected chi connectivity index (χ0v) is 11.3. The predicted molar refractivity (Wildman–Crippen MR) is 71.3 cm³/mol. The second-order valence-electron chi connectivity index (χ2n) is 4.53. The molecule has 0 saturated carbocycles. The third-order valence-electron chi connectivity index (χ3n) is 2.90. The van der Waals surface area contributed by atoms with Crippen LogP contribution in [0.1, 0.15) is 38.0 Å². The Morgan fingerprint density at radius 2 is 2.24 bits per heavy atom. The van der Waals surface area contributed by atoms with Crippen molar-refractivity contribution in [2.24, 2.45) is 5.92 Å². The summed E-state index contributed by atoms with van der Waals surface area (Å²) in [6.07, 6.45) is 2.76. The Labute approximate surface area is 107 Å². The molecule has 96 valence electrons. The largest absolute Gasteiger partial charge is 0.481 e. The molecule has 1 heterocycles. The van der Waals surface area contributed by atoms with Gasteiger partial charge in [-0.05, 0) is 31.2 Å². The molecule has 0 fully saturated rings. The lowest BCUT2D eigenvalue weighted by molar-refractivity contribution is -0.141. The lowest BCUT2D eigenvalue weighted by Crippen LogP contribution is -2.25. The molecular weight excluding hydrogens is 234 g/mol. The van der Waals surface area contributed by atoms with Crippen LogP contribution in [0.5, 0.6) is 0 Å². The first-order valence-corrected chi connectivity index (χ1v) is 6.96. The molecule has 0 aliphatic heterocycles. The summed E-state index contributed by atoms with van der Waals surface area (Å²) >= 11 is 1.76. The Morgan fingerprint density at radius 1 is 1.47 bits per heavy atom. The van der Waals surface area contributed by atoms with E-state index in [1.54, 1.807) is 18.3 Å². The summed E-state index contributed by atoms with van der Waals surface area (Å²) in [6.45, 7) is 4.83. The third-order valence-corrected chi connectivity index (χ3v) is 3.78. The molecule has 0 saturated heterocycles. The molecule has 2 N–H and O–H groups in total. The highest BCUT2D eigenvalue weighted by molar-refractivity contribution is 7.09. The number of nitrogens with one attached hydrogen (secondary N) is 1. The van der Waals surface area contributed by atoms with E-state index >= 15 is 0 Å². The normalized spacial score (nSPS) is 14.5. The standard InChI is InChI=1S/C13H21NO2S/c1-10(13(15)16)5-3-6-11(2)14-9-12-7-4-8-17-12/h4,7-8,10-11,14H,3,5-6,9H2,1-2H3,(H,15,16). The lowest BCUT2D eigenvalue weighted by Gasteiger charge is -2.13. The number of thiophene rings is 1. The van der Waals surface area contributed by atoms with Gasteiger partial charge in [0.25, 0.3) is 0 Å². The van der Waals surface area contributed by atoms with Gasteiger partial charge in [-0.15, -0.1) is 11.3 Å². The smallest absolute Gasteiger partial charge is 0.306 e. The molecule has 17 heavy (non-hydrogen) atoms. The SMILES string of the molecule is CC(CCCC(C)C(=O)O)NCc1cccs1. The molecule has 0 bridgehead atoms. The summed E-state index contributed by atoms with van der Waals surface area (Å²) in [5, 5.41) is 14.3. The Kier molecular flexibility index (Phi) is 6.22. The Hall–Kier alpha value is -0.870. The number of hydrogen-bond donors (Lipinski definition) is 2. The van der Waals surface area contributed by atoms with Crippen molar-refractivity contribution in [1.82, 2.24) is 5.32 Å². The van der Waals surface area contributed by atoms with Crippen LogP contribution < -0.4 is 5.32 Å². The van der Waals surface area contributed by atoms with E-state index in [2.05, 4.69) is 29.8 Å². The molecule has 0 aliphatic carbocycles. The maximum absolute atomic E-state index is 10.6. The molecule has 1 aromatic rings. The van der Waals surface area contributed by atoms with Crippen LogP contribution in [0.15, 0.2) is 17.5 Å². The lowest BCUT2D eigenvalue weighted by atomic mass is 10.0. The van der Waals surface area contributed by atoms with Gasteiger partial charge in [0.1, 0.15) is 0 Å². The van der Waals surface area contributed by atoms with Crippen LogP contribution in [0, 0.1) is 5.92 Å². The average molecular weight is 255 g/mol. The van der Waals surface area contributed by atoms with Crippen LogP contribution in [-0.2, 0) is 11.3 Å². The molecule has 1 aromatic heterocycles. The van der Waals surface area contributed by atoms with Gasteiger partial charge in [0.05, 0.1) is 5.92 Å². The summed E-state index contributed by atoms with van der Waals surface area (Å²) in [4.78, 5) is 12.0. The molecule has 0 radical (unpaired) electrons. The molecule has 2 atom stereocenters. The van der Waals surface area contributed by atoms with Crippen molar-refractivity contribution in [3.05, 3.63) is 22.4 Å². The highest BCUT2D eigenvalue weighted by Gasteiger charge is 2.11. The third kappa shape index (κ3) is 5.84. The Morgan fingerprint density at radius 3 is 2.82 bits per heavy atom. The predicted octanol–water partition coefficient (Wildman–Crippen LogP) is 3.12. The highest BCUT2D eigenvalue weighted by Crippen LogP contribution is 2.11. The molecule has 0 amide bonds. The van der Waals surface area contributed by atoms with Gasteiger partial charge in [0.2, 0.25) is 0 Å². The Balaban J connectivity index is 2.09. The molecule has 1 rings (SSSR count). The van der Waals surface area contributed by atoms with Crippen molar-refractivity contribution in [2.45, 2.75) is 45.7 Å². The minimum absolute atomic E-state index is 0.223. The topological polar surface area (TPSA) is 49.3 Å². The number of carbonyl (C=O) groups is 1. The van der Waals surface area contributed by atoms with E-state index in [1.165, 1.54) is 4.88 Å². The van der Waals surface area contributed by atoms with E-state index in [4.69, 9.17) is 5.11 Å². The van der Waals surface area contributed by atoms with E-state index in [1.807, 2.05) is 0 Å². The van der Waals surface area contributed by atoms with Crippen molar-refractivity contribution in [1.29, 1.82) is 0 Å². The van der Waals surface area contributed by atoms with Crippen molar-refractivity contribution in [3.63, 3.8) is 0 Å². The van der Waals surface area contributed by atoms with Gasteiger partial charge >= 0.3 is 5.97 Å². The summed E-state index contributed by atoms with van der Waals surface area (Å²) < 4.78 is 0. The fourth-order valence-electron chi connectivity index (χ4n) is 1.64. The summed E-state index contributed by atoms with van der Waals surface area (Å²) in [7, 11) is 0. The fourth-order valence-corrected chi connectivity index (χ4v) is 2.30. The van der Waals surface area contributed by atoms with Crippen LogP contribution >= 0.6 is 11.3 Å². The first-order valence-electron chi connectivity index (χ1n) is 6.08. The minimum Gasteiger partial charge on any atom is -0.481 e. The van der Waals surface area contributed by atoms with Crippen molar-refractivity contribution in [3.8, 4) is 0 Å². The highest BCUT2D eigenvalue weighted by atomic mass is 32.1. The monoisotopic (exact) mass is 255 g/mol. The quantitative estimate of drug-likeness (QED) is 0.750. The van der Waals surface area contributed by atoms with E-state index in [0.717, 1.165) is 25.8 Å². The summed E-state index contributed by atoms with van der Waals surface area (Å²) in [5.74, 6) is -0.913. The molecule has 3 nitrogen and oxygen atoms in total. The number of hydrogen-bond acceptors (Lipinski definition) is 3. The van der Waals surface area contributed by atoms with Crippen molar-refractivity contribution in [2.75, 3.05) is 0 Å². The number of carboxylic acid groups (broad SMARTS) is 1. The zero-order valence-electron chi connectivity index (χ0n) is 10.5. The molecule has 2 unspecified atom stereocenters. The van der Waals surface area contributed by atoms with E-state index < -0.39 is 5.97 Å². The van der Waals surface area contributed by atoms with E-state index in [9.17, 15) is 4.79 Å². The summed E-state index contributed by atoms with van der Waals surface area (Å²) in [6, 6.07) is 4.62. The van der Waals surface area contributed by atoms with Gasteiger partial charge < -0.3 is 10.4 Å². The number of aliphatic carboxylic acids is 1. The first-order chi connectivity index (χ1) is 8.09. The maximum atomic E-state index is 10.6. The van der Waals surface area contributed by atoms with Crippen LogP contribution in [-0.4, -0.2) is 17.1 Å². The van der Waals surface area contributed by atoms with Crippen molar-refractivity contribution < 1.29 is 9.90 Å². The van der Waals surface area contributed by atoms with Crippen LogP contribution in [0.3, 0.4) is 0 Å². The van der Waals surface area contributed by atoms with E-state index in [-0.39, 0.29) is 5.92 Å². The maximum Gasteiger partial charge on any atom is 0.306 e. The second-order valence-corrected chi connectivity index (χ2v) is 5.56. The Bertz CT molecular complexity index is 324. The van der Waals surface area contributed by atoms with Gasteiger partial charge in [0.15, 0.2) is 0 Å².